The molecule has 162 valence electrons. The van der Waals surface area contributed by atoms with Gasteiger partial charge in [-0.2, -0.15) is 0 Å². The quantitative estimate of drug-likeness (QED) is 0.619. The minimum Gasteiger partial charge on any atom is -0.454 e. The number of hydrogen-bond acceptors (Lipinski definition) is 4. The fourth-order valence-corrected chi connectivity index (χ4v) is 3.51. The van der Waals surface area contributed by atoms with Crippen LogP contribution in [0.3, 0.4) is 0 Å². The van der Waals surface area contributed by atoms with Gasteiger partial charge in [-0.15, -0.1) is 0 Å². The summed E-state index contributed by atoms with van der Waals surface area (Å²) >= 11 is 0. The second-order valence-electron chi connectivity index (χ2n) is 9.73. The van der Waals surface area contributed by atoms with E-state index in [1.807, 2.05) is 58.0 Å². The first-order chi connectivity index (χ1) is 13.3. The lowest BCUT2D eigenvalue weighted by molar-refractivity contribution is -0.153. The van der Waals surface area contributed by atoms with Gasteiger partial charge in [-0.3, -0.25) is 9.59 Å². The second kappa shape index (κ2) is 10.4. The first kappa shape index (κ1) is 24.7. The van der Waals surface area contributed by atoms with Crippen molar-refractivity contribution in [3.63, 3.8) is 0 Å². The van der Waals surface area contributed by atoms with Gasteiger partial charge < -0.3 is 15.4 Å². The van der Waals surface area contributed by atoms with Crippen molar-refractivity contribution in [3.05, 3.63) is 35.9 Å². The smallest absolute Gasteiger partial charge is 0.329 e. The number of benzene rings is 1. The van der Waals surface area contributed by atoms with Crippen molar-refractivity contribution in [1.29, 1.82) is 0 Å². The van der Waals surface area contributed by atoms with Crippen LogP contribution < -0.4 is 10.6 Å². The van der Waals surface area contributed by atoms with Crippen LogP contribution in [0, 0.1) is 11.3 Å². The fourth-order valence-electron chi connectivity index (χ4n) is 3.51. The molecule has 0 aliphatic carbocycles. The second-order valence-corrected chi connectivity index (χ2v) is 9.73. The van der Waals surface area contributed by atoms with Gasteiger partial charge in [-0.05, 0) is 37.2 Å². The van der Waals surface area contributed by atoms with Crippen LogP contribution in [0.25, 0.3) is 0 Å². The number of amides is 2. The van der Waals surface area contributed by atoms with Gasteiger partial charge in [0.2, 0.25) is 5.91 Å². The molecule has 0 unspecified atom stereocenters. The Hall–Kier alpha value is -2.37. The summed E-state index contributed by atoms with van der Waals surface area (Å²) in [4.78, 5) is 37.0. The zero-order valence-electron chi connectivity index (χ0n) is 18.8. The maximum Gasteiger partial charge on any atom is 0.329 e. The van der Waals surface area contributed by atoms with Crippen molar-refractivity contribution in [2.45, 2.75) is 72.9 Å². The maximum atomic E-state index is 12.5. The van der Waals surface area contributed by atoms with Crippen LogP contribution in [0.2, 0.25) is 0 Å². The molecule has 6 heteroatoms. The number of nitrogens with one attached hydrogen (secondary N) is 2. The zero-order valence-corrected chi connectivity index (χ0v) is 18.8. The van der Waals surface area contributed by atoms with Crippen LogP contribution in [0.4, 0.5) is 0 Å². The summed E-state index contributed by atoms with van der Waals surface area (Å²) in [5.74, 6) is -1.39. The van der Waals surface area contributed by atoms with Crippen LogP contribution in [0.15, 0.2) is 30.3 Å². The Bertz CT molecular complexity index is 691. The van der Waals surface area contributed by atoms with Crippen molar-refractivity contribution in [1.82, 2.24) is 10.6 Å². The van der Waals surface area contributed by atoms with Gasteiger partial charge in [0.25, 0.3) is 5.91 Å². The van der Waals surface area contributed by atoms with Crippen LogP contribution >= 0.6 is 0 Å². The third-order valence-corrected chi connectivity index (χ3v) is 4.24. The van der Waals surface area contributed by atoms with Gasteiger partial charge >= 0.3 is 5.97 Å². The van der Waals surface area contributed by atoms with E-state index in [0.29, 0.717) is 0 Å². The molecule has 2 amide bonds. The molecule has 0 aromatic heterocycles. The Morgan fingerprint density at radius 3 is 2.07 bits per heavy atom. The fraction of sp³-hybridized carbons (Fsp3) is 0.609. The largest absolute Gasteiger partial charge is 0.454 e. The van der Waals surface area contributed by atoms with Crippen LogP contribution in [-0.2, 0) is 25.5 Å². The molecular weight excluding hydrogens is 368 g/mol. The predicted molar refractivity (Wildman–Crippen MR) is 114 cm³/mol. The van der Waals surface area contributed by atoms with Crippen molar-refractivity contribution in [2.75, 3.05) is 6.61 Å². The van der Waals surface area contributed by atoms with E-state index < -0.39 is 17.6 Å². The lowest BCUT2D eigenvalue weighted by Gasteiger charge is -2.33. The molecule has 0 radical (unpaired) electrons. The first-order valence-electron chi connectivity index (χ1n) is 10.1. The monoisotopic (exact) mass is 404 g/mol. The Labute approximate surface area is 174 Å². The Morgan fingerprint density at radius 2 is 1.55 bits per heavy atom. The molecule has 0 fully saturated rings. The number of ether oxygens (including phenoxy) is 1. The summed E-state index contributed by atoms with van der Waals surface area (Å²) in [7, 11) is 0. The molecule has 0 aliphatic heterocycles. The Balaban J connectivity index is 2.57. The highest BCUT2D eigenvalue weighted by atomic mass is 16.5. The number of carbonyl (C=O) groups excluding carboxylic acids is 3. The summed E-state index contributed by atoms with van der Waals surface area (Å²) in [6.45, 7) is 13.5. The van der Waals surface area contributed by atoms with Crippen molar-refractivity contribution < 1.29 is 19.1 Å². The molecule has 0 heterocycles. The lowest BCUT2D eigenvalue weighted by Crippen LogP contribution is -2.49. The van der Waals surface area contributed by atoms with E-state index in [2.05, 4.69) is 31.4 Å². The van der Waals surface area contributed by atoms with Crippen molar-refractivity contribution >= 4 is 17.8 Å². The van der Waals surface area contributed by atoms with E-state index in [-0.39, 0.29) is 36.2 Å². The summed E-state index contributed by atoms with van der Waals surface area (Å²) in [5.41, 5.74) is 0.504. The lowest BCUT2D eigenvalue weighted by atomic mass is 9.82. The van der Waals surface area contributed by atoms with Crippen molar-refractivity contribution in [3.8, 4) is 0 Å². The molecule has 6 nitrogen and oxygen atoms in total. The van der Waals surface area contributed by atoms with Crippen molar-refractivity contribution in [2.24, 2.45) is 11.3 Å². The van der Waals surface area contributed by atoms with Crippen LogP contribution in [0.5, 0.6) is 0 Å². The van der Waals surface area contributed by atoms with Gasteiger partial charge in [0.15, 0.2) is 6.61 Å². The van der Waals surface area contributed by atoms with Gasteiger partial charge in [0.05, 0.1) is 6.42 Å². The molecule has 1 aromatic rings. The number of hydrogen-bond donors (Lipinski definition) is 2. The zero-order chi connectivity index (χ0) is 22.2. The number of esters is 1. The van der Waals surface area contributed by atoms with E-state index in [4.69, 9.17) is 4.74 Å². The summed E-state index contributed by atoms with van der Waals surface area (Å²) in [6.07, 6.45) is 0.961. The minimum atomic E-state index is -0.804. The summed E-state index contributed by atoms with van der Waals surface area (Å²) < 4.78 is 5.19. The molecule has 0 spiro atoms. The minimum absolute atomic E-state index is 0.0548. The van der Waals surface area contributed by atoms with Gasteiger partial charge in [-0.25, -0.2) is 4.79 Å². The summed E-state index contributed by atoms with van der Waals surface area (Å²) in [6, 6.07) is 8.50. The Kier molecular flexibility index (Phi) is 8.86. The average Bonchev–Trinajstić information content (AvgIpc) is 2.55. The number of carbonyl (C=O) groups is 3. The molecule has 29 heavy (non-hydrogen) atoms. The van der Waals surface area contributed by atoms with E-state index in [9.17, 15) is 14.4 Å². The van der Waals surface area contributed by atoms with E-state index >= 15 is 0 Å². The topological polar surface area (TPSA) is 84.5 Å². The normalized spacial score (nSPS) is 13.0. The molecular formula is C23H36N2O4. The molecule has 1 rings (SSSR count). The molecule has 1 atom stereocenters. The van der Waals surface area contributed by atoms with E-state index in [1.165, 1.54) is 0 Å². The van der Waals surface area contributed by atoms with Gasteiger partial charge in [-0.1, -0.05) is 65.0 Å². The van der Waals surface area contributed by atoms with Gasteiger partial charge in [0.1, 0.15) is 6.04 Å². The SMILES string of the molecule is CC(C)[C@H](NC(=O)Cc1ccccc1)C(=O)OCC(=O)NC(C)(C)CC(C)(C)C. The molecule has 1 aromatic carbocycles. The Morgan fingerprint density at radius 1 is 0.966 bits per heavy atom. The first-order valence-corrected chi connectivity index (χ1v) is 10.1. The highest BCUT2D eigenvalue weighted by molar-refractivity contribution is 5.87. The van der Waals surface area contributed by atoms with Crippen LogP contribution in [-0.4, -0.2) is 36.0 Å². The van der Waals surface area contributed by atoms with Gasteiger partial charge in [0, 0.05) is 5.54 Å². The third kappa shape index (κ3) is 10.1. The standard InChI is InChI=1S/C23H36N2O4/c1-16(2)20(24-18(26)13-17-11-9-8-10-12-17)21(28)29-14-19(27)25-23(6,7)15-22(3,4)5/h8-12,16,20H,13-15H2,1-7H3,(H,24,26)(H,25,27)/t20-/m0/s1. The highest BCUT2D eigenvalue weighted by Crippen LogP contribution is 2.26. The number of rotatable bonds is 9. The molecule has 0 bridgehead atoms. The van der Waals surface area contributed by atoms with E-state index in [1.54, 1.807) is 0 Å². The maximum absolute atomic E-state index is 12.5. The summed E-state index contributed by atoms with van der Waals surface area (Å²) in [5, 5.41) is 5.63. The third-order valence-electron chi connectivity index (χ3n) is 4.24. The van der Waals surface area contributed by atoms with Crippen LogP contribution in [0.1, 0.15) is 60.5 Å². The molecule has 0 aliphatic rings. The highest BCUT2D eigenvalue weighted by Gasteiger charge is 2.29. The molecule has 0 saturated carbocycles. The molecule has 0 saturated heterocycles. The molecule has 2 N–H and O–H groups in total. The average molecular weight is 405 g/mol. The predicted octanol–water partition coefficient (Wildman–Crippen LogP) is 3.24. The van der Waals surface area contributed by atoms with E-state index in [0.717, 1.165) is 12.0 Å².